The minimum atomic E-state index is -4.00. The average Bonchev–Trinajstić information content (AvgIpc) is 2.66. The number of amides is 2. The Morgan fingerprint density at radius 3 is 2.21 bits per heavy atom. The Hall–Kier alpha value is -3.42. The summed E-state index contributed by atoms with van der Waals surface area (Å²) >= 11 is 0. The SMILES string of the molecule is CC(=O)Nc1ccc(S(=O)(=O)NNC(=O)[C@@H](C)Oc2ccc(C#N)cc2)cc1. The summed E-state index contributed by atoms with van der Waals surface area (Å²) in [7, 11) is -4.00. The van der Waals surface area contributed by atoms with E-state index in [1.54, 1.807) is 0 Å². The van der Waals surface area contributed by atoms with Gasteiger partial charge in [0.2, 0.25) is 5.91 Å². The van der Waals surface area contributed by atoms with Crippen LogP contribution in [-0.2, 0) is 19.6 Å². The van der Waals surface area contributed by atoms with E-state index >= 15 is 0 Å². The summed E-state index contributed by atoms with van der Waals surface area (Å²) in [5, 5.41) is 11.3. The predicted molar refractivity (Wildman–Crippen MR) is 100 cm³/mol. The van der Waals surface area contributed by atoms with Crippen LogP contribution in [0.5, 0.6) is 5.75 Å². The van der Waals surface area contributed by atoms with Crippen LogP contribution in [0.4, 0.5) is 5.69 Å². The lowest BCUT2D eigenvalue weighted by molar-refractivity contribution is -0.127. The van der Waals surface area contributed by atoms with Gasteiger partial charge in [-0.25, -0.2) is 8.42 Å². The van der Waals surface area contributed by atoms with Gasteiger partial charge in [-0.15, -0.1) is 4.83 Å². The fraction of sp³-hybridized carbons (Fsp3) is 0.167. The molecule has 0 radical (unpaired) electrons. The number of nitrogens with zero attached hydrogens (tertiary/aromatic N) is 1. The summed E-state index contributed by atoms with van der Waals surface area (Å²) in [6.07, 6.45) is -0.988. The molecule has 2 aromatic carbocycles. The van der Waals surface area contributed by atoms with Crippen LogP contribution in [0, 0.1) is 11.3 Å². The summed E-state index contributed by atoms with van der Waals surface area (Å²) in [6, 6.07) is 13.5. The smallest absolute Gasteiger partial charge is 0.275 e. The molecule has 0 saturated heterocycles. The Morgan fingerprint density at radius 1 is 1.07 bits per heavy atom. The summed E-state index contributed by atoms with van der Waals surface area (Å²) in [4.78, 5) is 24.9. The molecule has 0 bridgehead atoms. The van der Waals surface area contributed by atoms with E-state index < -0.39 is 22.0 Å². The third-order valence-electron chi connectivity index (χ3n) is 3.46. The van der Waals surface area contributed by atoms with Gasteiger partial charge >= 0.3 is 0 Å². The van der Waals surface area contributed by atoms with Gasteiger partial charge in [0.1, 0.15) is 5.75 Å². The maximum absolute atomic E-state index is 12.2. The zero-order valence-corrected chi connectivity index (χ0v) is 15.9. The van der Waals surface area contributed by atoms with Crippen molar-refractivity contribution in [2.75, 3.05) is 5.32 Å². The van der Waals surface area contributed by atoms with E-state index in [1.807, 2.05) is 10.9 Å². The molecule has 0 unspecified atom stereocenters. The van der Waals surface area contributed by atoms with Gasteiger partial charge in [0.25, 0.3) is 15.9 Å². The third-order valence-corrected chi connectivity index (χ3v) is 4.72. The van der Waals surface area contributed by atoms with Crippen molar-refractivity contribution in [2.24, 2.45) is 0 Å². The molecule has 0 aliphatic carbocycles. The number of carbonyl (C=O) groups is 2. The van der Waals surface area contributed by atoms with E-state index in [4.69, 9.17) is 10.00 Å². The molecule has 0 aromatic heterocycles. The highest BCUT2D eigenvalue weighted by molar-refractivity contribution is 7.89. The molecule has 0 fully saturated rings. The lowest BCUT2D eigenvalue weighted by atomic mass is 10.2. The van der Waals surface area contributed by atoms with Crippen molar-refractivity contribution in [1.82, 2.24) is 10.3 Å². The molecule has 28 heavy (non-hydrogen) atoms. The summed E-state index contributed by atoms with van der Waals surface area (Å²) in [5.41, 5.74) is 2.98. The molecule has 1 atom stereocenters. The summed E-state index contributed by atoms with van der Waals surface area (Å²) in [5.74, 6) is -0.627. The molecule has 9 nitrogen and oxygen atoms in total. The number of carbonyl (C=O) groups excluding carboxylic acids is 2. The van der Waals surface area contributed by atoms with Crippen LogP contribution in [-0.4, -0.2) is 26.3 Å². The van der Waals surface area contributed by atoms with Crippen LogP contribution >= 0.6 is 0 Å². The first-order chi connectivity index (χ1) is 13.2. The second-order valence-electron chi connectivity index (χ2n) is 5.70. The number of hydrogen-bond donors (Lipinski definition) is 3. The molecule has 146 valence electrons. The number of rotatable bonds is 7. The molecular weight excluding hydrogens is 384 g/mol. The monoisotopic (exact) mass is 402 g/mol. The van der Waals surface area contributed by atoms with Crippen molar-refractivity contribution in [1.29, 1.82) is 5.26 Å². The first-order valence-electron chi connectivity index (χ1n) is 8.07. The van der Waals surface area contributed by atoms with Gasteiger partial charge in [0.15, 0.2) is 6.10 Å². The maximum Gasteiger partial charge on any atom is 0.275 e. The fourth-order valence-corrected chi connectivity index (χ4v) is 2.91. The highest BCUT2D eigenvalue weighted by Gasteiger charge is 2.19. The van der Waals surface area contributed by atoms with Crippen LogP contribution in [0.15, 0.2) is 53.4 Å². The highest BCUT2D eigenvalue weighted by atomic mass is 32.2. The number of sulfonamides is 1. The van der Waals surface area contributed by atoms with Crippen molar-refractivity contribution in [2.45, 2.75) is 24.8 Å². The number of nitrogens with one attached hydrogen (secondary N) is 3. The van der Waals surface area contributed by atoms with Gasteiger partial charge in [0, 0.05) is 12.6 Å². The van der Waals surface area contributed by atoms with Crippen molar-refractivity contribution >= 4 is 27.5 Å². The number of hydrogen-bond acceptors (Lipinski definition) is 6. The molecule has 10 heteroatoms. The number of nitriles is 1. The Bertz CT molecular complexity index is 996. The van der Waals surface area contributed by atoms with Crippen LogP contribution in [0.3, 0.4) is 0 Å². The van der Waals surface area contributed by atoms with Crippen molar-refractivity contribution in [3.8, 4) is 11.8 Å². The Balaban J connectivity index is 1.94. The van der Waals surface area contributed by atoms with E-state index in [9.17, 15) is 18.0 Å². The summed E-state index contributed by atoms with van der Waals surface area (Å²) < 4.78 is 29.9. The van der Waals surface area contributed by atoms with Crippen LogP contribution in [0.1, 0.15) is 19.4 Å². The zero-order valence-electron chi connectivity index (χ0n) is 15.1. The Kier molecular flexibility index (Phi) is 6.70. The largest absolute Gasteiger partial charge is 0.481 e. The third kappa shape index (κ3) is 5.80. The molecular formula is C18H18N4O5S. The second-order valence-corrected chi connectivity index (χ2v) is 7.38. The normalized spacial score (nSPS) is 11.8. The van der Waals surface area contributed by atoms with Gasteiger partial charge < -0.3 is 10.1 Å². The van der Waals surface area contributed by atoms with Crippen molar-refractivity contribution in [3.63, 3.8) is 0 Å². The van der Waals surface area contributed by atoms with E-state index in [0.717, 1.165) is 0 Å². The zero-order chi connectivity index (χ0) is 20.7. The standard InChI is InChI=1S/C18H18N4O5S/c1-12(27-16-7-3-14(11-19)4-8-16)18(24)21-22-28(25,26)17-9-5-15(6-10-17)20-13(2)23/h3-10,12,22H,1-2H3,(H,20,23)(H,21,24)/t12-/m1/s1. The van der Waals surface area contributed by atoms with E-state index in [2.05, 4.69) is 10.7 Å². The van der Waals surface area contributed by atoms with Gasteiger partial charge in [-0.05, 0) is 55.5 Å². The Labute approximate surface area is 162 Å². The van der Waals surface area contributed by atoms with Crippen molar-refractivity contribution < 1.29 is 22.7 Å². The average molecular weight is 402 g/mol. The van der Waals surface area contributed by atoms with E-state index in [0.29, 0.717) is 17.0 Å². The fourth-order valence-electron chi connectivity index (χ4n) is 2.06. The molecule has 0 spiro atoms. The molecule has 2 rings (SSSR count). The van der Waals surface area contributed by atoms with Gasteiger partial charge in [-0.3, -0.25) is 15.0 Å². The second kappa shape index (κ2) is 8.98. The summed E-state index contributed by atoms with van der Waals surface area (Å²) in [6.45, 7) is 2.78. The number of benzene rings is 2. The van der Waals surface area contributed by atoms with Crippen LogP contribution < -0.4 is 20.3 Å². The molecule has 0 saturated carbocycles. The van der Waals surface area contributed by atoms with E-state index in [1.165, 1.54) is 62.4 Å². The first kappa shape index (κ1) is 20.9. The lowest BCUT2D eigenvalue weighted by Gasteiger charge is -2.15. The molecule has 2 aromatic rings. The predicted octanol–water partition coefficient (Wildman–Crippen LogP) is 1.29. The number of hydrazine groups is 1. The van der Waals surface area contributed by atoms with Crippen LogP contribution in [0.2, 0.25) is 0 Å². The molecule has 0 aliphatic heterocycles. The Morgan fingerprint density at radius 2 is 1.68 bits per heavy atom. The molecule has 3 N–H and O–H groups in total. The topological polar surface area (TPSA) is 137 Å². The van der Waals surface area contributed by atoms with E-state index in [-0.39, 0.29) is 10.8 Å². The van der Waals surface area contributed by atoms with Crippen LogP contribution in [0.25, 0.3) is 0 Å². The molecule has 0 heterocycles. The first-order valence-corrected chi connectivity index (χ1v) is 9.56. The highest BCUT2D eigenvalue weighted by Crippen LogP contribution is 2.15. The number of ether oxygens (including phenoxy) is 1. The number of anilines is 1. The lowest BCUT2D eigenvalue weighted by Crippen LogP contribution is -2.47. The minimum Gasteiger partial charge on any atom is -0.481 e. The minimum absolute atomic E-state index is 0.0948. The van der Waals surface area contributed by atoms with Gasteiger partial charge in [-0.1, -0.05) is 0 Å². The van der Waals surface area contributed by atoms with Gasteiger partial charge in [0.05, 0.1) is 16.5 Å². The maximum atomic E-state index is 12.2. The quantitative estimate of drug-likeness (QED) is 0.597. The molecule has 2 amide bonds. The molecule has 0 aliphatic rings. The van der Waals surface area contributed by atoms with Gasteiger partial charge in [-0.2, -0.15) is 5.26 Å². The van der Waals surface area contributed by atoms with Crippen molar-refractivity contribution in [3.05, 3.63) is 54.1 Å².